The largest absolute Gasteiger partial charge is 0.487 e. The number of benzene rings is 3. The molecule has 0 saturated carbocycles. The Morgan fingerprint density at radius 3 is 2.54 bits per heavy atom. The van der Waals surface area contributed by atoms with E-state index in [2.05, 4.69) is 8.51 Å². The van der Waals surface area contributed by atoms with Crippen LogP contribution in [0.1, 0.15) is 46.8 Å². The standard InChI is InChI=1S/C31H28IN3O6/c1-18-24(33-28(41-18)20-13-11-19(12-14-20)27(36)34-32)17-40-23-9-6-8-22(16-23)31(2,3)30(39)35-25-10-5-4-7-21(25)15-26(35)29(37)38/h4-14,16,26H,15,17H2,1-3H3,(H,34,36)(H,37,38)/t26-/m1/s1. The fourth-order valence-electron chi connectivity index (χ4n) is 4.89. The van der Waals surface area contributed by atoms with Gasteiger partial charge < -0.3 is 14.3 Å². The molecule has 1 aliphatic rings. The highest BCUT2D eigenvalue weighted by Gasteiger charge is 2.44. The van der Waals surface area contributed by atoms with Gasteiger partial charge in [-0.05, 0) is 74.4 Å². The molecule has 0 radical (unpaired) electrons. The molecule has 4 aromatic rings. The van der Waals surface area contributed by atoms with Crippen molar-refractivity contribution in [1.82, 2.24) is 8.51 Å². The number of amides is 2. The third kappa shape index (κ3) is 5.56. The van der Waals surface area contributed by atoms with E-state index in [0.717, 1.165) is 11.1 Å². The number of aliphatic carboxylic acids is 1. The summed E-state index contributed by atoms with van der Waals surface area (Å²) >= 11 is 1.80. The number of aryl methyl sites for hydroxylation is 1. The van der Waals surface area contributed by atoms with Crippen molar-refractivity contribution in [2.75, 3.05) is 4.90 Å². The van der Waals surface area contributed by atoms with Crippen molar-refractivity contribution >= 4 is 46.3 Å². The molecule has 0 aliphatic carbocycles. The Balaban J connectivity index is 1.33. The van der Waals surface area contributed by atoms with Gasteiger partial charge in [-0.25, -0.2) is 9.78 Å². The highest BCUT2D eigenvalue weighted by atomic mass is 127. The van der Waals surface area contributed by atoms with Crippen LogP contribution < -0.4 is 13.2 Å². The van der Waals surface area contributed by atoms with Crippen molar-refractivity contribution in [3.63, 3.8) is 0 Å². The number of nitrogens with zero attached hydrogens (tertiary/aromatic N) is 2. The first-order valence-electron chi connectivity index (χ1n) is 13.0. The molecule has 0 bridgehead atoms. The number of carbonyl (C=O) groups is 3. The summed E-state index contributed by atoms with van der Waals surface area (Å²) in [5, 5.41) is 9.86. The molecule has 210 valence electrons. The molecule has 1 aliphatic heterocycles. The highest BCUT2D eigenvalue weighted by molar-refractivity contribution is 14.1. The van der Waals surface area contributed by atoms with Gasteiger partial charge in [0.25, 0.3) is 5.91 Å². The third-order valence-corrected chi connectivity index (χ3v) is 7.81. The van der Waals surface area contributed by atoms with Gasteiger partial charge in [-0.2, -0.15) is 0 Å². The SMILES string of the molecule is Cc1oc(-c2ccc(C(=O)NI)cc2)nc1COc1cccc(C(C)(C)C(=O)N2c3ccccc3C[C@@H]2C(=O)O)c1. The van der Waals surface area contributed by atoms with Crippen molar-refractivity contribution in [3.05, 3.63) is 101 Å². The second-order valence-corrected chi connectivity index (χ2v) is 10.9. The molecule has 2 amide bonds. The summed E-state index contributed by atoms with van der Waals surface area (Å²) in [7, 11) is 0. The van der Waals surface area contributed by atoms with Crippen LogP contribution >= 0.6 is 22.9 Å². The van der Waals surface area contributed by atoms with Crippen LogP contribution in [0.25, 0.3) is 11.5 Å². The van der Waals surface area contributed by atoms with Crippen LogP contribution in [0.3, 0.4) is 0 Å². The lowest BCUT2D eigenvalue weighted by molar-refractivity contribution is -0.140. The molecule has 0 saturated heterocycles. The van der Waals surface area contributed by atoms with Gasteiger partial charge in [0.2, 0.25) is 11.8 Å². The van der Waals surface area contributed by atoms with Crippen molar-refractivity contribution in [2.45, 2.75) is 45.3 Å². The molecule has 0 spiro atoms. The van der Waals surface area contributed by atoms with Crippen LogP contribution in [-0.2, 0) is 28.0 Å². The van der Waals surface area contributed by atoms with Gasteiger partial charge in [0.1, 0.15) is 29.9 Å². The van der Waals surface area contributed by atoms with Gasteiger partial charge in [-0.1, -0.05) is 30.3 Å². The minimum Gasteiger partial charge on any atom is -0.487 e. The highest BCUT2D eigenvalue weighted by Crippen LogP contribution is 2.38. The third-order valence-electron chi connectivity index (χ3n) is 7.32. The predicted octanol–water partition coefficient (Wildman–Crippen LogP) is 5.63. The second-order valence-electron chi connectivity index (χ2n) is 10.3. The molecule has 1 aromatic heterocycles. The van der Waals surface area contributed by atoms with E-state index in [0.29, 0.717) is 39.9 Å². The van der Waals surface area contributed by atoms with Crippen LogP contribution in [0.2, 0.25) is 0 Å². The number of hydrogen-bond acceptors (Lipinski definition) is 6. The van der Waals surface area contributed by atoms with Gasteiger partial charge in [-0.3, -0.25) is 18.0 Å². The van der Waals surface area contributed by atoms with E-state index in [1.165, 1.54) is 4.90 Å². The van der Waals surface area contributed by atoms with E-state index in [4.69, 9.17) is 9.15 Å². The minimum atomic E-state index is -1.04. The summed E-state index contributed by atoms with van der Waals surface area (Å²) in [6, 6.07) is 20.5. The van der Waals surface area contributed by atoms with Crippen molar-refractivity contribution in [2.24, 2.45) is 0 Å². The van der Waals surface area contributed by atoms with Gasteiger partial charge in [0.15, 0.2) is 0 Å². The van der Waals surface area contributed by atoms with Gasteiger partial charge >= 0.3 is 5.97 Å². The average Bonchev–Trinajstić information content (AvgIpc) is 3.56. The number of anilines is 1. The molecule has 2 N–H and O–H groups in total. The summed E-state index contributed by atoms with van der Waals surface area (Å²) in [5.41, 5.74) is 3.02. The fourth-order valence-corrected chi connectivity index (χ4v) is 5.20. The summed E-state index contributed by atoms with van der Waals surface area (Å²) in [6.07, 6.45) is 0.271. The Hall–Kier alpha value is -4.19. The van der Waals surface area contributed by atoms with Crippen molar-refractivity contribution in [3.8, 4) is 17.2 Å². The van der Waals surface area contributed by atoms with E-state index in [1.807, 2.05) is 24.3 Å². The number of oxazole rings is 1. The van der Waals surface area contributed by atoms with E-state index < -0.39 is 17.4 Å². The first-order chi connectivity index (χ1) is 19.6. The number of carboxylic acid groups (broad SMARTS) is 1. The number of ether oxygens (including phenoxy) is 1. The molecular weight excluding hydrogens is 637 g/mol. The zero-order valence-corrected chi connectivity index (χ0v) is 24.8. The van der Waals surface area contributed by atoms with Gasteiger partial charge in [0, 0.05) is 23.2 Å². The molecule has 0 fully saturated rings. The normalized spacial score (nSPS) is 14.4. The lowest BCUT2D eigenvalue weighted by Gasteiger charge is -2.32. The zero-order valence-electron chi connectivity index (χ0n) is 22.7. The molecule has 1 atom stereocenters. The number of hydrogen-bond donors (Lipinski definition) is 2. The Morgan fingerprint density at radius 2 is 1.83 bits per heavy atom. The molecule has 5 rings (SSSR count). The molecular formula is C31H28IN3O6. The van der Waals surface area contributed by atoms with Crippen LogP contribution in [0, 0.1) is 6.92 Å². The topological polar surface area (TPSA) is 122 Å². The number of carboxylic acids is 1. The van der Waals surface area contributed by atoms with Crippen LogP contribution in [0.4, 0.5) is 5.69 Å². The zero-order chi connectivity index (χ0) is 29.3. The summed E-state index contributed by atoms with van der Waals surface area (Å²) in [6.45, 7) is 5.52. The number of halogens is 1. The molecule has 9 nitrogen and oxygen atoms in total. The molecule has 3 aromatic carbocycles. The lowest BCUT2D eigenvalue weighted by Crippen LogP contribution is -2.50. The predicted molar refractivity (Wildman–Crippen MR) is 161 cm³/mol. The smallest absolute Gasteiger partial charge is 0.327 e. The Bertz CT molecular complexity index is 1630. The van der Waals surface area contributed by atoms with Gasteiger partial charge in [0.05, 0.1) is 28.3 Å². The summed E-state index contributed by atoms with van der Waals surface area (Å²) in [5.74, 6) is 0.0415. The van der Waals surface area contributed by atoms with Crippen molar-refractivity contribution in [1.29, 1.82) is 0 Å². The maximum absolute atomic E-state index is 13.9. The number of fused-ring (bicyclic) bond motifs is 1. The van der Waals surface area contributed by atoms with Crippen LogP contribution in [-0.4, -0.2) is 33.9 Å². The first-order valence-corrected chi connectivity index (χ1v) is 14.0. The number of para-hydroxylation sites is 1. The van der Waals surface area contributed by atoms with E-state index in [-0.39, 0.29) is 24.8 Å². The molecule has 2 heterocycles. The van der Waals surface area contributed by atoms with E-state index >= 15 is 0 Å². The minimum absolute atomic E-state index is 0.142. The van der Waals surface area contributed by atoms with E-state index in [9.17, 15) is 19.5 Å². The Kier molecular flexibility index (Phi) is 7.85. The maximum Gasteiger partial charge on any atom is 0.327 e. The second kappa shape index (κ2) is 11.4. The number of aromatic nitrogens is 1. The lowest BCUT2D eigenvalue weighted by atomic mass is 9.82. The molecule has 10 heteroatoms. The molecule has 0 unspecified atom stereocenters. The summed E-state index contributed by atoms with van der Waals surface area (Å²) in [4.78, 5) is 43.7. The number of rotatable bonds is 8. The van der Waals surface area contributed by atoms with E-state index in [1.54, 1.807) is 92.2 Å². The summed E-state index contributed by atoms with van der Waals surface area (Å²) < 4.78 is 14.5. The maximum atomic E-state index is 13.9. The monoisotopic (exact) mass is 665 g/mol. The van der Waals surface area contributed by atoms with Gasteiger partial charge in [-0.15, -0.1) is 0 Å². The Labute approximate surface area is 251 Å². The fraction of sp³-hybridized carbons (Fsp3) is 0.226. The Morgan fingerprint density at radius 1 is 1.10 bits per heavy atom. The number of nitrogens with one attached hydrogen (secondary N) is 1. The van der Waals surface area contributed by atoms with Crippen molar-refractivity contribution < 1.29 is 28.6 Å². The van der Waals surface area contributed by atoms with Crippen LogP contribution in [0.5, 0.6) is 5.75 Å². The number of carbonyl (C=O) groups excluding carboxylic acids is 2. The molecule has 41 heavy (non-hydrogen) atoms. The quantitative estimate of drug-likeness (QED) is 0.185. The average molecular weight is 665 g/mol. The first kappa shape index (κ1) is 28.3. The van der Waals surface area contributed by atoms with Crippen LogP contribution in [0.15, 0.2) is 77.2 Å².